The van der Waals surface area contributed by atoms with Gasteiger partial charge in [0.1, 0.15) is 5.75 Å². The summed E-state index contributed by atoms with van der Waals surface area (Å²) in [4.78, 5) is 23.7. The fourth-order valence-corrected chi connectivity index (χ4v) is 4.18. The van der Waals surface area contributed by atoms with Crippen molar-refractivity contribution in [1.82, 2.24) is 5.32 Å². The first kappa shape index (κ1) is 19.7. The number of benzene rings is 1. The van der Waals surface area contributed by atoms with Crippen molar-refractivity contribution in [3.63, 3.8) is 0 Å². The minimum Gasteiger partial charge on any atom is -0.484 e. The summed E-state index contributed by atoms with van der Waals surface area (Å²) in [6.07, 6.45) is 6.88. The van der Waals surface area contributed by atoms with Crippen molar-refractivity contribution >= 4 is 17.5 Å². The van der Waals surface area contributed by atoms with Crippen molar-refractivity contribution in [3.8, 4) is 5.75 Å². The van der Waals surface area contributed by atoms with Gasteiger partial charge < -0.3 is 15.4 Å². The highest BCUT2D eigenvalue weighted by atomic mass is 16.5. The van der Waals surface area contributed by atoms with E-state index in [9.17, 15) is 9.59 Å². The number of hydrogen-bond donors (Lipinski definition) is 2. The predicted molar refractivity (Wildman–Crippen MR) is 107 cm³/mol. The van der Waals surface area contributed by atoms with Crippen molar-refractivity contribution in [1.29, 1.82) is 0 Å². The summed E-state index contributed by atoms with van der Waals surface area (Å²) in [5.74, 6) is 1.42. The molecule has 1 heterocycles. The molecule has 0 spiro atoms. The molecule has 1 fully saturated rings. The number of anilines is 1. The first-order chi connectivity index (χ1) is 12.9. The van der Waals surface area contributed by atoms with E-state index in [4.69, 9.17) is 4.74 Å². The lowest BCUT2D eigenvalue weighted by Gasteiger charge is -2.39. The van der Waals surface area contributed by atoms with E-state index in [1.165, 1.54) is 19.3 Å². The van der Waals surface area contributed by atoms with Gasteiger partial charge >= 0.3 is 0 Å². The number of aryl methyl sites for hydroxylation is 1. The van der Waals surface area contributed by atoms with Crippen LogP contribution in [0.5, 0.6) is 5.75 Å². The molecule has 27 heavy (non-hydrogen) atoms. The molecule has 0 saturated heterocycles. The second-order valence-electron chi connectivity index (χ2n) is 8.61. The van der Waals surface area contributed by atoms with E-state index in [0.717, 1.165) is 30.0 Å². The molecule has 0 atom stereocenters. The second kappa shape index (κ2) is 8.32. The average Bonchev–Trinajstić information content (AvgIpc) is 2.66. The van der Waals surface area contributed by atoms with Crippen LogP contribution in [0.4, 0.5) is 5.69 Å². The van der Waals surface area contributed by atoms with Gasteiger partial charge in [0.05, 0.1) is 0 Å². The van der Waals surface area contributed by atoms with Crippen molar-refractivity contribution < 1.29 is 14.3 Å². The predicted octanol–water partition coefficient (Wildman–Crippen LogP) is 4.06. The van der Waals surface area contributed by atoms with Gasteiger partial charge in [-0.3, -0.25) is 9.59 Å². The van der Waals surface area contributed by atoms with Gasteiger partial charge in [-0.05, 0) is 67.2 Å². The number of nitrogens with one attached hydrogen (secondary N) is 2. The van der Waals surface area contributed by atoms with Gasteiger partial charge in [-0.1, -0.05) is 27.2 Å². The van der Waals surface area contributed by atoms with E-state index in [-0.39, 0.29) is 24.5 Å². The van der Waals surface area contributed by atoms with Crippen molar-refractivity contribution in [2.75, 3.05) is 11.9 Å². The second-order valence-corrected chi connectivity index (χ2v) is 8.61. The maximum absolute atomic E-state index is 12.3. The van der Waals surface area contributed by atoms with Crippen LogP contribution in [0, 0.1) is 11.3 Å². The van der Waals surface area contributed by atoms with E-state index in [2.05, 4.69) is 31.4 Å². The summed E-state index contributed by atoms with van der Waals surface area (Å²) in [5.41, 5.74) is 2.29. The highest BCUT2D eigenvalue weighted by molar-refractivity contribution is 5.94. The third-order valence-corrected chi connectivity index (χ3v) is 6.45. The monoisotopic (exact) mass is 372 g/mol. The summed E-state index contributed by atoms with van der Waals surface area (Å²) in [6.45, 7) is 7.01. The minimum atomic E-state index is -0.0563. The highest BCUT2D eigenvalue weighted by Gasteiger charge is 2.32. The summed E-state index contributed by atoms with van der Waals surface area (Å²) < 4.78 is 5.67. The molecule has 0 bridgehead atoms. The van der Waals surface area contributed by atoms with E-state index in [1.54, 1.807) is 6.07 Å². The Morgan fingerprint density at radius 1 is 1.22 bits per heavy atom. The van der Waals surface area contributed by atoms with Gasteiger partial charge in [0.15, 0.2) is 6.61 Å². The normalized spacial score (nSPS) is 22.6. The van der Waals surface area contributed by atoms with Crippen LogP contribution in [-0.4, -0.2) is 24.5 Å². The molecule has 2 amide bonds. The molecule has 0 radical (unpaired) electrons. The Morgan fingerprint density at radius 2 is 1.96 bits per heavy atom. The van der Waals surface area contributed by atoms with Gasteiger partial charge in [-0.2, -0.15) is 0 Å². The first-order valence-electron chi connectivity index (χ1n) is 10.2. The number of rotatable bonds is 6. The quantitative estimate of drug-likeness (QED) is 0.791. The van der Waals surface area contributed by atoms with Crippen LogP contribution < -0.4 is 15.4 Å². The van der Waals surface area contributed by atoms with Gasteiger partial charge in [-0.25, -0.2) is 0 Å². The largest absolute Gasteiger partial charge is 0.484 e. The molecule has 1 saturated carbocycles. The molecule has 5 nitrogen and oxygen atoms in total. The minimum absolute atomic E-state index is 0.0333. The molecule has 1 aromatic carbocycles. The molecule has 5 heteroatoms. The van der Waals surface area contributed by atoms with Crippen LogP contribution in [0.25, 0.3) is 0 Å². The number of carbonyl (C=O) groups excluding carboxylic acids is 2. The average molecular weight is 373 g/mol. The molecule has 0 unspecified atom stereocenters. The van der Waals surface area contributed by atoms with Crippen molar-refractivity contribution in [3.05, 3.63) is 23.8 Å². The van der Waals surface area contributed by atoms with E-state index in [1.807, 2.05) is 12.1 Å². The fraction of sp³-hybridized carbons (Fsp3) is 0.636. The Labute approximate surface area is 162 Å². The van der Waals surface area contributed by atoms with E-state index in [0.29, 0.717) is 24.0 Å². The molecule has 2 aliphatic rings. The van der Waals surface area contributed by atoms with E-state index >= 15 is 0 Å². The van der Waals surface area contributed by atoms with Crippen molar-refractivity contribution in [2.45, 2.75) is 71.8 Å². The van der Waals surface area contributed by atoms with Gasteiger partial charge in [0.2, 0.25) is 5.91 Å². The fourth-order valence-electron chi connectivity index (χ4n) is 4.18. The summed E-state index contributed by atoms with van der Waals surface area (Å²) >= 11 is 0. The van der Waals surface area contributed by atoms with Crippen LogP contribution in [0.3, 0.4) is 0 Å². The highest BCUT2D eigenvalue weighted by Crippen LogP contribution is 2.40. The van der Waals surface area contributed by atoms with Crippen LogP contribution >= 0.6 is 0 Å². The molecule has 1 aromatic rings. The lowest BCUT2D eigenvalue weighted by Crippen LogP contribution is -2.41. The molecule has 3 rings (SSSR count). The smallest absolute Gasteiger partial charge is 0.258 e. The van der Waals surface area contributed by atoms with Crippen LogP contribution in [0.1, 0.15) is 64.9 Å². The van der Waals surface area contributed by atoms with Crippen LogP contribution in [-0.2, 0) is 16.0 Å². The maximum atomic E-state index is 12.3. The molecule has 1 aliphatic carbocycles. The zero-order valence-corrected chi connectivity index (χ0v) is 16.8. The number of ether oxygens (including phenoxy) is 1. The Morgan fingerprint density at radius 3 is 2.67 bits per heavy atom. The Bertz CT molecular complexity index is 691. The lowest BCUT2D eigenvalue weighted by molar-refractivity contribution is -0.124. The van der Waals surface area contributed by atoms with E-state index < -0.39 is 0 Å². The molecule has 1 aliphatic heterocycles. The molecule has 148 valence electrons. The molecular weight excluding hydrogens is 340 g/mol. The van der Waals surface area contributed by atoms with Crippen molar-refractivity contribution in [2.24, 2.45) is 11.3 Å². The summed E-state index contributed by atoms with van der Waals surface area (Å²) in [5, 5.41) is 5.98. The molecule has 0 aromatic heterocycles. The number of fused-ring (bicyclic) bond motifs is 1. The zero-order valence-electron chi connectivity index (χ0n) is 16.8. The van der Waals surface area contributed by atoms with Crippen LogP contribution in [0.15, 0.2) is 18.2 Å². The third kappa shape index (κ3) is 5.02. The van der Waals surface area contributed by atoms with Gasteiger partial charge in [0, 0.05) is 18.2 Å². The zero-order chi connectivity index (χ0) is 19.4. The lowest BCUT2D eigenvalue weighted by atomic mass is 9.69. The maximum Gasteiger partial charge on any atom is 0.258 e. The molecule has 2 N–H and O–H groups in total. The van der Waals surface area contributed by atoms with Gasteiger partial charge in [0.25, 0.3) is 5.91 Å². The number of hydrogen-bond acceptors (Lipinski definition) is 3. The SMILES string of the molecule is CCC(C)(C)C1CCC(NC(=O)COc2ccc3c(c2)CCC(=O)N3)CC1. The first-order valence-corrected chi connectivity index (χ1v) is 10.2. The molecular formula is C22H32N2O3. The Hall–Kier alpha value is -2.04. The topological polar surface area (TPSA) is 67.4 Å². The third-order valence-electron chi connectivity index (χ3n) is 6.45. The Balaban J connectivity index is 1.44. The van der Waals surface area contributed by atoms with Gasteiger partial charge in [-0.15, -0.1) is 0 Å². The Kier molecular flexibility index (Phi) is 6.08. The summed E-state index contributed by atoms with van der Waals surface area (Å²) in [7, 11) is 0. The van der Waals surface area contributed by atoms with Crippen LogP contribution in [0.2, 0.25) is 0 Å². The standard InChI is InChI=1S/C22H32N2O3/c1-4-22(2,3)16-6-8-17(9-7-16)23-21(26)14-27-18-10-11-19-15(13-18)5-12-20(25)24-19/h10-11,13,16-17H,4-9,12,14H2,1-3H3,(H,23,26)(H,24,25). The number of amides is 2. The summed E-state index contributed by atoms with van der Waals surface area (Å²) in [6, 6.07) is 5.83. The number of carbonyl (C=O) groups is 2.